The zero-order chi connectivity index (χ0) is 18.3. The van der Waals surface area contributed by atoms with E-state index in [0.717, 1.165) is 42.3 Å². The number of nitrogens with zero attached hydrogens (tertiary/aromatic N) is 2. The maximum atomic E-state index is 5.57. The molecule has 1 unspecified atom stereocenters. The summed E-state index contributed by atoms with van der Waals surface area (Å²) < 4.78 is 5.57. The molecule has 2 rings (SSSR count). The number of hydrogen-bond acceptors (Lipinski definition) is 3. The molecule has 26 heavy (non-hydrogen) atoms. The highest BCUT2D eigenvalue weighted by Gasteiger charge is 2.24. The van der Waals surface area contributed by atoms with E-state index in [1.54, 1.807) is 7.11 Å². The molecule has 0 bridgehead atoms. The van der Waals surface area contributed by atoms with Crippen molar-refractivity contribution in [2.24, 2.45) is 10.4 Å². The molecule has 0 amide bonds. The number of halogens is 1. The molecule has 1 aromatic heterocycles. The number of aromatic nitrogens is 2. The molecule has 0 fully saturated rings. The summed E-state index contributed by atoms with van der Waals surface area (Å²) in [5, 5.41) is 6.65. The number of aromatic amines is 1. The van der Waals surface area contributed by atoms with E-state index in [-0.39, 0.29) is 35.5 Å². The Hall–Kier alpha value is -1.35. The summed E-state index contributed by atoms with van der Waals surface area (Å²) in [5.74, 6) is 1.79. The number of aliphatic imine (C=N–C) groups is 1. The Balaban J connectivity index is 0.00000338. The summed E-state index contributed by atoms with van der Waals surface area (Å²) in [6.45, 7) is 10.8. The van der Waals surface area contributed by atoms with Crippen LogP contribution in [0.4, 0.5) is 0 Å². The third-order valence-corrected chi connectivity index (χ3v) is 4.10. The van der Waals surface area contributed by atoms with Crippen molar-refractivity contribution in [1.82, 2.24) is 20.6 Å². The maximum absolute atomic E-state index is 5.57. The van der Waals surface area contributed by atoms with Gasteiger partial charge in [-0.25, -0.2) is 4.98 Å². The van der Waals surface area contributed by atoms with Gasteiger partial charge in [0.25, 0.3) is 0 Å². The Morgan fingerprint density at radius 2 is 2.00 bits per heavy atom. The molecule has 1 atom stereocenters. The third-order valence-electron chi connectivity index (χ3n) is 4.10. The molecule has 0 radical (unpaired) electrons. The van der Waals surface area contributed by atoms with Gasteiger partial charge in [-0.15, -0.1) is 24.0 Å². The molecule has 6 nitrogen and oxygen atoms in total. The van der Waals surface area contributed by atoms with Crippen LogP contribution < -0.4 is 10.6 Å². The van der Waals surface area contributed by atoms with E-state index in [9.17, 15) is 0 Å². The Morgan fingerprint density at radius 1 is 1.27 bits per heavy atom. The molecule has 2 aromatic rings. The molecule has 7 heteroatoms. The van der Waals surface area contributed by atoms with E-state index in [1.807, 2.05) is 24.3 Å². The SMILES string of the molecule is CCNC(=NCC(OC)C(C)(C)C)NCCc1nc2ccccc2[nH]1.I. The number of benzene rings is 1. The van der Waals surface area contributed by atoms with Crippen molar-refractivity contribution in [1.29, 1.82) is 0 Å². The fourth-order valence-corrected chi connectivity index (χ4v) is 2.64. The lowest BCUT2D eigenvalue weighted by Crippen LogP contribution is -2.40. The average Bonchev–Trinajstić information content (AvgIpc) is 2.96. The van der Waals surface area contributed by atoms with Crippen LogP contribution in [0.2, 0.25) is 0 Å². The quantitative estimate of drug-likeness (QED) is 0.328. The zero-order valence-electron chi connectivity index (χ0n) is 16.4. The Labute approximate surface area is 173 Å². The van der Waals surface area contributed by atoms with E-state index in [1.165, 1.54) is 0 Å². The van der Waals surface area contributed by atoms with Crippen molar-refractivity contribution >= 4 is 41.0 Å². The molecule has 3 N–H and O–H groups in total. The molecular weight excluding hydrogens is 441 g/mol. The van der Waals surface area contributed by atoms with Crippen molar-refractivity contribution in [3.63, 3.8) is 0 Å². The number of nitrogens with one attached hydrogen (secondary N) is 3. The predicted octanol–water partition coefficient (Wildman–Crippen LogP) is 3.34. The van der Waals surface area contributed by atoms with Crippen LogP contribution in [0.1, 0.15) is 33.5 Å². The lowest BCUT2D eigenvalue weighted by atomic mass is 9.89. The first-order valence-corrected chi connectivity index (χ1v) is 8.92. The van der Waals surface area contributed by atoms with Gasteiger partial charge in [-0.1, -0.05) is 32.9 Å². The predicted molar refractivity (Wildman–Crippen MR) is 119 cm³/mol. The molecule has 0 aliphatic rings. The van der Waals surface area contributed by atoms with Crippen LogP contribution >= 0.6 is 24.0 Å². The molecule has 0 saturated heterocycles. The standard InChI is InChI=1S/C19H31N5O.HI/c1-6-20-18(22-13-16(25-5)19(2,3)4)21-12-11-17-23-14-9-7-8-10-15(14)24-17;/h7-10,16H,6,11-13H2,1-5H3,(H,23,24)(H2,20,21,22);1H. The Kier molecular flexibility index (Phi) is 9.35. The first-order chi connectivity index (χ1) is 11.9. The van der Waals surface area contributed by atoms with Gasteiger partial charge in [0.15, 0.2) is 5.96 Å². The van der Waals surface area contributed by atoms with Gasteiger partial charge >= 0.3 is 0 Å². The molecule has 1 heterocycles. The average molecular weight is 473 g/mol. The first-order valence-electron chi connectivity index (χ1n) is 8.92. The van der Waals surface area contributed by atoms with Gasteiger partial charge in [-0.2, -0.15) is 0 Å². The van der Waals surface area contributed by atoms with Crippen molar-refractivity contribution in [3.05, 3.63) is 30.1 Å². The smallest absolute Gasteiger partial charge is 0.191 e. The number of para-hydroxylation sites is 2. The Bertz CT molecular complexity index is 660. The van der Waals surface area contributed by atoms with E-state index >= 15 is 0 Å². The van der Waals surface area contributed by atoms with Crippen LogP contribution in [-0.2, 0) is 11.2 Å². The van der Waals surface area contributed by atoms with E-state index in [4.69, 9.17) is 4.74 Å². The van der Waals surface area contributed by atoms with Crippen molar-refractivity contribution in [2.75, 3.05) is 26.7 Å². The number of ether oxygens (including phenoxy) is 1. The van der Waals surface area contributed by atoms with Crippen molar-refractivity contribution < 1.29 is 4.74 Å². The minimum atomic E-state index is 0. The highest BCUT2D eigenvalue weighted by molar-refractivity contribution is 14.0. The minimum absolute atomic E-state index is 0. The number of fused-ring (bicyclic) bond motifs is 1. The summed E-state index contributed by atoms with van der Waals surface area (Å²) in [7, 11) is 1.74. The van der Waals surface area contributed by atoms with Gasteiger partial charge in [0, 0.05) is 26.6 Å². The van der Waals surface area contributed by atoms with Gasteiger partial charge in [0.05, 0.1) is 23.7 Å². The summed E-state index contributed by atoms with van der Waals surface area (Å²) in [4.78, 5) is 12.6. The highest BCUT2D eigenvalue weighted by atomic mass is 127. The highest BCUT2D eigenvalue weighted by Crippen LogP contribution is 2.21. The zero-order valence-corrected chi connectivity index (χ0v) is 18.8. The first kappa shape index (κ1) is 22.7. The summed E-state index contributed by atoms with van der Waals surface area (Å²) in [5.41, 5.74) is 2.14. The summed E-state index contributed by atoms with van der Waals surface area (Å²) >= 11 is 0. The Morgan fingerprint density at radius 3 is 2.62 bits per heavy atom. The van der Waals surface area contributed by atoms with Gasteiger partial charge in [-0.05, 0) is 24.5 Å². The third kappa shape index (κ3) is 6.75. The van der Waals surface area contributed by atoms with E-state index in [0.29, 0.717) is 6.54 Å². The molecular formula is C19H32IN5O. The van der Waals surface area contributed by atoms with Gasteiger partial charge in [0.1, 0.15) is 5.82 Å². The normalized spacial score (nSPS) is 13.3. The van der Waals surface area contributed by atoms with Crippen molar-refractivity contribution in [3.8, 4) is 0 Å². The van der Waals surface area contributed by atoms with Gasteiger partial charge in [0.2, 0.25) is 0 Å². The van der Waals surface area contributed by atoms with Crippen LogP contribution in [0.3, 0.4) is 0 Å². The van der Waals surface area contributed by atoms with E-state index in [2.05, 4.69) is 53.3 Å². The lowest BCUT2D eigenvalue weighted by Gasteiger charge is -2.28. The molecule has 0 aliphatic heterocycles. The topological polar surface area (TPSA) is 74.3 Å². The number of methoxy groups -OCH3 is 1. The van der Waals surface area contributed by atoms with Crippen LogP contribution in [0.15, 0.2) is 29.3 Å². The number of imidazole rings is 1. The molecule has 0 saturated carbocycles. The fraction of sp³-hybridized carbons (Fsp3) is 0.579. The van der Waals surface area contributed by atoms with Crippen LogP contribution in [0, 0.1) is 5.41 Å². The van der Waals surface area contributed by atoms with Crippen LogP contribution in [0.5, 0.6) is 0 Å². The van der Waals surface area contributed by atoms with Gasteiger partial charge in [-0.3, -0.25) is 4.99 Å². The molecule has 146 valence electrons. The molecule has 1 aromatic carbocycles. The second-order valence-electron chi connectivity index (χ2n) is 7.19. The molecule has 0 spiro atoms. The number of rotatable bonds is 7. The number of guanidine groups is 1. The van der Waals surface area contributed by atoms with Crippen LogP contribution in [-0.4, -0.2) is 48.8 Å². The maximum Gasteiger partial charge on any atom is 0.191 e. The number of hydrogen-bond donors (Lipinski definition) is 3. The second-order valence-corrected chi connectivity index (χ2v) is 7.19. The minimum Gasteiger partial charge on any atom is -0.379 e. The monoisotopic (exact) mass is 473 g/mol. The summed E-state index contributed by atoms with van der Waals surface area (Å²) in [6.07, 6.45) is 0.893. The molecule has 0 aliphatic carbocycles. The van der Waals surface area contributed by atoms with Gasteiger partial charge < -0.3 is 20.4 Å². The van der Waals surface area contributed by atoms with Crippen molar-refractivity contribution in [2.45, 2.75) is 40.2 Å². The number of H-pyrrole nitrogens is 1. The second kappa shape index (κ2) is 10.7. The summed E-state index contributed by atoms with van der Waals surface area (Å²) in [6, 6.07) is 8.08. The largest absolute Gasteiger partial charge is 0.379 e. The van der Waals surface area contributed by atoms with Crippen LogP contribution in [0.25, 0.3) is 11.0 Å². The fourth-order valence-electron chi connectivity index (χ4n) is 2.64. The lowest BCUT2D eigenvalue weighted by molar-refractivity contribution is 0.0241. The van der Waals surface area contributed by atoms with E-state index < -0.39 is 0 Å².